The number of nitrogens with one attached hydrogen (secondary N) is 1. The van der Waals surface area contributed by atoms with Crippen LogP contribution in [0.2, 0.25) is 0 Å². The molecule has 7 heteroatoms. The van der Waals surface area contributed by atoms with Gasteiger partial charge in [-0.15, -0.1) is 11.3 Å². The van der Waals surface area contributed by atoms with Crippen LogP contribution in [0.4, 0.5) is 0 Å². The summed E-state index contributed by atoms with van der Waals surface area (Å²) in [4.78, 5) is 9.26. The van der Waals surface area contributed by atoms with Gasteiger partial charge < -0.3 is 14.6 Å². The van der Waals surface area contributed by atoms with Crippen LogP contribution in [0.1, 0.15) is 18.7 Å². The molecule has 2 aromatic heterocycles. The van der Waals surface area contributed by atoms with Crippen LogP contribution in [0.15, 0.2) is 16.2 Å². The van der Waals surface area contributed by atoms with Gasteiger partial charge in [0.15, 0.2) is 0 Å². The van der Waals surface area contributed by atoms with Gasteiger partial charge in [-0.3, -0.25) is 4.98 Å². The van der Waals surface area contributed by atoms with Crippen molar-refractivity contribution in [3.63, 3.8) is 0 Å². The summed E-state index contributed by atoms with van der Waals surface area (Å²) < 4.78 is 11.0. The third-order valence-corrected chi connectivity index (χ3v) is 3.85. The van der Waals surface area contributed by atoms with Crippen LogP contribution in [0.3, 0.4) is 0 Å². The molecule has 0 atom stereocenters. The second-order valence-corrected chi connectivity index (χ2v) is 5.33. The SMILES string of the molecule is c1ncc(-c2noc(CCOC3CCNCC3)n2)s1. The van der Waals surface area contributed by atoms with Crippen LogP contribution < -0.4 is 5.32 Å². The van der Waals surface area contributed by atoms with Crippen molar-refractivity contribution in [2.24, 2.45) is 0 Å². The molecule has 0 unspecified atom stereocenters. The van der Waals surface area contributed by atoms with E-state index in [9.17, 15) is 0 Å². The fourth-order valence-corrected chi connectivity index (χ4v) is 2.60. The first-order valence-electron chi connectivity index (χ1n) is 6.45. The maximum Gasteiger partial charge on any atom is 0.229 e. The molecule has 1 fully saturated rings. The van der Waals surface area contributed by atoms with Crippen molar-refractivity contribution in [2.75, 3.05) is 19.7 Å². The molecule has 1 saturated heterocycles. The van der Waals surface area contributed by atoms with Gasteiger partial charge in [0.1, 0.15) is 0 Å². The van der Waals surface area contributed by atoms with Crippen LogP contribution >= 0.6 is 11.3 Å². The van der Waals surface area contributed by atoms with E-state index < -0.39 is 0 Å². The number of hydrogen-bond acceptors (Lipinski definition) is 7. The number of aromatic nitrogens is 3. The summed E-state index contributed by atoms with van der Waals surface area (Å²) >= 11 is 1.50. The van der Waals surface area contributed by atoms with Crippen molar-refractivity contribution in [3.8, 4) is 10.7 Å². The Morgan fingerprint density at radius 1 is 1.42 bits per heavy atom. The van der Waals surface area contributed by atoms with Gasteiger partial charge in [0.2, 0.25) is 11.7 Å². The molecule has 6 nitrogen and oxygen atoms in total. The summed E-state index contributed by atoms with van der Waals surface area (Å²) in [5, 5.41) is 7.26. The van der Waals surface area contributed by atoms with Gasteiger partial charge in [-0.2, -0.15) is 4.98 Å². The van der Waals surface area contributed by atoms with Gasteiger partial charge in [-0.25, -0.2) is 0 Å². The number of nitrogens with zero attached hydrogens (tertiary/aromatic N) is 3. The molecular weight excluding hydrogens is 264 g/mol. The average molecular weight is 280 g/mol. The zero-order valence-corrected chi connectivity index (χ0v) is 11.4. The van der Waals surface area contributed by atoms with Crippen molar-refractivity contribution in [1.29, 1.82) is 0 Å². The first kappa shape index (κ1) is 12.7. The highest BCUT2D eigenvalue weighted by Crippen LogP contribution is 2.19. The fraction of sp³-hybridized carbons (Fsp3) is 0.583. The number of thiazole rings is 1. The first-order valence-corrected chi connectivity index (χ1v) is 7.33. The number of rotatable bonds is 5. The van der Waals surface area contributed by atoms with Gasteiger partial charge in [-0.1, -0.05) is 5.16 Å². The van der Waals surface area contributed by atoms with E-state index >= 15 is 0 Å². The van der Waals surface area contributed by atoms with Gasteiger partial charge >= 0.3 is 0 Å². The smallest absolute Gasteiger partial charge is 0.229 e. The summed E-state index contributed by atoms with van der Waals surface area (Å²) in [5.74, 6) is 1.23. The molecule has 1 aliphatic heterocycles. The molecular formula is C12H16N4O2S. The van der Waals surface area contributed by atoms with E-state index in [0.717, 1.165) is 30.8 Å². The highest BCUT2D eigenvalue weighted by atomic mass is 32.1. The zero-order valence-electron chi connectivity index (χ0n) is 10.5. The normalized spacial score (nSPS) is 16.8. The highest BCUT2D eigenvalue weighted by molar-refractivity contribution is 7.13. The summed E-state index contributed by atoms with van der Waals surface area (Å²) in [6.45, 7) is 2.72. The molecule has 1 aliphatic rings. The molecule has 2 aromatic rings. The molecule has 0 spiro atoms. The van der Waals surface area contributed by atoms with E-state index in [2.05, 4.69) is 20.4 Å². The monoisotopic (exact) mass is 280 g/mol. The minimum atomic E-state index is 0.366. The number of hydrogen-bond donors (Lipinski definition) is 1. The molecule has 3 heterocycles. The van der Waals surface area contributed by atoms with E-state index in [0.29, 0.717) is 30.8 Å². The first-order chi connectivity index (χ1) is 9.42. The topological polar surface area (TPSA) is 73.1 Å². The minimum Gasteiger partial charge on any atom is -0.378 e. The van der Waals surface area contributed by atoms with Gasteiger partial charge in [0, 0.05) is 6.20 Å². The fourth-order valence-electron chi connectivity index (χ4n) is 2.06. The van der Waals surface area contributed by atoms with E-state index in [-0.39, 0.29) is 0 Å². The molecule has 3 rings (SSSR count). The van der Waals surface area contributed by atoms with Crippen LogP contribution in [0.25, 0.3) is 10.7 Å². The van der Waals surface area contributed by atoms with E-state index in [1.54, 1.807) is 11.7 Å². The van der Waals surface area contributed by atoms with Gasteiger partial charge in [-0.05, 0) is 25.9 Å². The predicted molar refractivity (Wildman–Crippen MR) is 71.0 cm³/mol. The molecule has 0 radical (unpaired) electrons. The number of piperidine rings is 1. The summed E-state index contributed by atoms with van der Waals surface area (Å²) in [7, 11) is 0. The molecule has 0 aliphatic carbocycles. The largest absolute Gasteiger partial charge is 0.378 e. The van der Waals surface area contributed by atoms with Gasteiger partial charge in [0.05, 0.1) is 29.5 Å². The average Bonchev–Trinajstić information content (AvgIpc) is 3.10. The predicted octanol–water partition coefficient (Wildman–Crippen LogP) is 1.50. The van der Waals surface area contributed by atoms with Crippen molar-refractivity contribution >= 4 is 11.3 Å². The maximum absolute atomic E-state index is 5.81. The summed E-state index contributed by atoms with van der Waals surface area (Å²) in [6, 6.07) is 0. The number of ether oxygens (including phenoxy) is 1. The van der Waals surface area contributed by atoms with Crippen molar-refractivity contribution < 1.29 is 9.26 Å². The van der Waals surface area contributed by atoms with E-state index in [4.69, 9.17) is 9.26 Å². The van der Waals surface area contributed by atoms with Crippen LogP contribution in [-0.2, 0) is 11.2 Å². The molecule has 19 heavy (non-hydrogen) atoms. The second kappa shape index (κ2) is 6.23. The lowest BCUT2D eigenvalue weighted by molar-refractivity contribution is 0.0322. The molecule has 0 aromatic carbocycles. The lowest BCUT2D eigenvalue weighted by atomic mass is 10.1. The quantitative estimate of drug-likeness (QED) is 0.895. The van der Waals surface area contributed by atoms with Crippen molar-refractivity contribution in [2.45, 2.75) is 25.4 Å². The third-order valence-electron chi connectivity index (χ3n) is 3.08. The summed E-state index contributed by atoms with van der Waals surface area (Å²) in [6.07, 6.45) is 4.93. The van der Waals surface area contributed by atoms with Gasteiger partial charge in [0.25, 0.3) is 0 Å². The Morgan fingerprint density at radius 3 is 3.11 bits per heavy atom. The molecule has 1 N–H and O–H groups in total. The Balaban J connectivity index is 1.48. The lowest BCUT2D eigenvalue weighted by Crippen LogP contribution is -2.32. The van der Waals surface area contributed by atoms with Crippen LogP contribution in [0.5, 0.6) is 0 Å². The van der Waals surface area contributed by atoms with Crippen LogP contribution in [0, 0.1) is 0 Å². The van der Waals surface area contributed by atoms with E-state index in [1.807, 2.05) is 0 Å². The second-order valence-electron chi connectivity index (χ2n) is 4.45. The zero-order chi connectivity index (χ0) is 12.9. The molecule has 0 amide bonds. The van der Waals surface area contributed by atoms with E-state index in [1.165, 1.54) is 11.3 Å². The standard InChI is InChI=1S/C12H16N4O2S/c1-4-13-5-2-9(1)17-6-3-11-15-12(16-18-11)10-7-14-8-19-10/h7-9,13H,1-6H2. The van der Waals surface area contributed by atoms with Crippen molar-refractivity contribution in [3.05, 3.63) is 17.6 Å². The highest BCUT2D eigenvalue weighted by Gasteiger charge is 2.14. The summed E-state index contributed by atoms with van der Waals surface area (Å²) in [5.41, 5.74) is 1.76. The minimum absolute atomic E-state index is 0.366. The Kier molecular flexibility index (Phi) is 4.16. The molecule has 0 saturated carbocycles. The Hall–Kier alpha value is -1.31. The molecule has 102 valence electrons. The van der Waals surface area contributed by atoms with Crippen LogP contribution in [-0.4, -0.2) is 40.9 Å². The Labute approximate surface area is 115 Å². The Bertz CT molecular complexity index is 494. The lowest BCUT2D eigenvalue weighted by Gasteiger charge is -2.22. The Morgan fingerprint density at radius 2 is 2.32 bits per heavy atom. The third kappa shape index (κ3) is 3.37. The molecule has 0 bridgehead atoms. The maximum atomic E-state index is 5.81. The van der Waals surface area contributed by atoms with Crippen molar-refractivity contribution in [1.82, 2.24) is 20.4 Å².